The Kier molecular flexibility index (Phi) is 2.35. The van der Waals surface area contributed by atoms with Gasteiger partial charge in [0.25, 0.3) is 0 Å². The second-order valence-corrected chi connectivity index (χ2v) is 4.18. The van der Waals surface area contributed by atoms with Crippen LogP contribution in [0.15, 0.2) is 0 Å². The first-order valence-electron chi connectivity index (χ1n) is 2.32. The molecule has 42 valence electrons. The lowest BCUT2D eigenvalue weighted by atomic mass is 10.3. The van der Waals surface area contributed by atoms with Crippen molar-refractivity contribution in [3.8, 4) is 0 Å². The minimum absolute atomic E-state index is 0.0220. The molecule has 0 unspecified atom stereocenters. The fraction of sp³-hybridized carbons (Fsp3) is 1.00. The van der Waals surface area contributed by atoms with Crippen LogP contribution in [0, 0.1) is 0 Å². The van der Waals surface area contributed by atoms with E-state index in [9.17, 15) is 0 Å². The normalized spacial score (nSPS) is 33.0. The van der Waals surface area contributed by atoms with Crippen LogP contribution < -0.4 is 0 Å². The molecule has 0 radical (unpaired) electrons. The van der Waals surface area contributed by atoms with E-state index in [0.717, 1.165) is 17.9 Å². The van der Waals surface area contributed by atoms with Crippen molar-refractivity contribution in [2.45, 2.75) is 12.5 Å². The first-order valence-corrected chi connectivity index (χ1v) is 4.81. The van der Waals surface area contributed by atoms with Crippen molar-refractivity contribution in [1.82, 2.24) is 0 Å². The molecule has 3 heteroatoms. The zero-order chi connectivity index (χ0) is 5.11. The summed E-state index contributed by atoms with van der Waals surface area (Å²) in [5.41, 5.74) is 0. The summed E-state index contributed by atoms with van der Waals surface area (Å²) in [6.45, 7) is 0. The summed E-state index contributed by atoms with van der Waals surface area (Å²) >= 11 is 0. The molecule has 0 aromatic carbocycles. The SMILES string of the molecule is O[C@@H]1CCSSC1. The van der Waals surface area contributed by atoms with Gasteiger partial charge in [-0.2, -0.15) is 0 Å². The van der Waals surface area contributed by atoms with Crippen molar-refractivity contribution in [3.63, 3.8) is 0 Å². The van der Waals surface area contributed by atoms with Gasteiger partial charge in [-0.3, -0.25) is 0 Å². The summed E-state index contributed by atoms with van der Waals surface area (Å²) in [4.78, 5) is 0. The Morgan fingerprint density at radius 3 is 2.57 bits per heavy atom. The smallest absolute Gasteiger partial charge is 0.0647 e. The van der Waals surface area contributed by atoms with Crippen molar-refractivity contribution in [2.75, 3.05) is 11.5 Å². The summed E-state index contributed by atoms with van der Waals surface area (Å²) in [6.07, 6.45) is 0.962. The minimum Gasteiger partial charge on any atom is -0.392 e. The van der Waals surface area contributed by atoms with Gasteiger partial charge in [-0.15, -0.1) is 0 Å². The summed E-state index contributed by atoms with van der Waals surface area (Å²) in [7, 11) is 3.62. The van der Waals surface area contributed by atoms with E-state index in [1.807, 2.05) is 10.8 Å². The number of aliphatic hydroxyl groups is 1. The van der Waals surface area contributed by atoms with Crippen LogP contribution in [0.3, 0.4) is 0 Å². The van der Waals surface area contributed by atoms with Crippen LogP contribution in [0.1, 0.15) is 6.42 Å². The maximum Gasteiger partial charge on any atom is 0.0647 e. The Bertz CT molecular complexity index is 51.7. The van der Waals surface area contributed by atoms with Crippen molar-refractivity contribution in [2.24, 2.45) is 0 Å². The monoisotopic (exact) mass is 136 g/mol. The van der Waals surface area contributed by atoms with Crippen LogP contribution in [-0.2, 0) is 0 Å². The predicted molar refractivity (Wildman–Crippen MR) is 35.5 cm³/mol. The lowest BCUT2D eigenvalue weighted by molar-refractivity contribution is 0.196. The van der Waals surface area contributed by atoms with Crippen LogP contribution in [0.5, 0.6) is 0 Å². The Morgan fingerprint density at radius 1 is 1.43 bits per heavy atom. The quantitative estimate of drug-likeness (QED) is 0.504. The van der Waals surface area contributed by atoms with Gasteiger partial charge in [0.2, 0.25) is 0 Å². The largest absolute Gasteiger partial charge is 0.392 e. The Hall–Kier alpha value is 0.660. The van der Waals surface area contributed by atoms with E-state index in [1.54, 1.807) is 10.8 Å². The summed E-state index contributed by atoms with van der Waals surface area (Å²) < 4.78 is 0. The predicted octanol–water partition coefficient (Wildman–Crippen LogP) is 1.13. The van der Waals surface area contributed by atoms with Crippen molar-refractivity contribution in [3.05, 3.63) is 0 Å². The molecule has 1 aliphatic heterocycles. The Labute approximate surface area is 51.3 Å². The summed E-state index contributed by atoms with van der Waals surface area (Å²) in [6, 6.07) is 0. The first-order chi connectivity index (χ1) is 3.39. The maximum absolute atomic E-state index is 8.88. The van der Waals surface area contributed by atoms with E-state index in [1.165, 1.54) is 0 Å². The molecule has 7 heavy (non-hydrogen) atoms. The molecule has 1 fully saturated rings. The van der Waals surface area contributed by atoms with Gasteiger partial charge in [-0.05, 0) is 6.42 Å². The van der Waals surface area contributed by atoms with Crippen LogP contribution in [0.2, 0.25) is 0 Å². The molecule has 0 aromatic heterocycles. The molecule has 1 saturated heterocycles. The third-order valence-corrected chi connectivity index (χ3v) is 3.38. The van der Waals surface area contributed by atoms with E-state index in [2.05, 4.69) is 0 Å². The molecule has 1 aliphatic rings. The molecule has 1 nitrogen and oxygen atoms in total. The summed E-state index contributed by atoms with van der Waals surface area (Å²) in [5.74, 6) is 2.04. The molecule has 0 aliphatic carbocycles. The lowest BCUT2D eigenvalue weighted by Crippen LogP contribution is -2.13. The molecule has 0 aromatic rings. The molecule has 0 saturated carbocycles. The third kappa shape index (κ3) is 1.93. The van der Waals surface area contributed by atoms with Crippen LogP contribution in [-0.4, -0.2) is 22.7 Å². The fourth-order valence-electron chi connectivity index (χ4n) is 0.453. The van der Waals surface area contributed by atoms with E-state index in [4.69, 9.17) is 5.11 Å². The van der Waals surface area contributed by atoms with Gasteiger partial charge >= 0.3 is 0 Å². The molecular weight excluding hydrogens is 128 g/mol. The van der Waals surface area contributed by atoms with Gasteiger partial charge in [0.05, 0.1) is 6.10 Å². The second-order valence-electron chi connectivity index (χ2n) is 1.55. The van der Waals surface area contributed by atoms with Gasteiger partial charge in [0.1, 0.15) is 0 Å². The standard InChI is InChI=1S/C4H8OS2/c5-4-1-2-6-7-3-4/h4-5H,1-3H2/t4-/m1/s1. The molecule has 1 heterocycles. The van der Waals surface area contributed by atoms with Gasteiger partial charge < -0.3 is 5.11 Å². The first kappa shape index (κ1) is 5.79. The number of hydrogen-bond donors (Lipinski definition) is 1. The van der Waals surface area contributed by atoms with E-state index < -0.39 is 0 Å². The molecule has 0 amide bonds. The number of rotatable bonds is 0. The van der Waals surface area contributed by atoms with E-state index >= 15 is 0 Å². The van der Waals surface area contributed by atoms with Gasteiger partial charge in [-0.25, -0.2) is 0 Å². The summed E-state index contributed by atoms with van der Waals surface area (Å²) in [5, 5.41) is 8.88. The third-order valence-electron chi connectivity index (χ3n) is 0.878. The maximum atomic E-state index is 8.88. The molecule has 1 N–H and O–H groups in total. The molecule has 0 bridgehead atoms. The van der Waals surface area contributed by atoms with Gasteiger partial charge in [0.15, 0.2) is 0 Å². The lowest BCUT2D eigenvalue weighted by Gasteiger charge is -2.13. The van der Waals surface area contributed by atoms with Crippen LogP contribution in [0.4, 0.5) is 0 Å². The van der Waals surface area contributed by atoms with Crippen molar-refractivity contribution < 1.29 is 5.11 Å². The highest BCUT2D eigenvalue weighted by atomic mass is 33.1. The molecule has 1 atom stereocenters. The average Bonchev–Trinajstić information content (AvgIpc) is 1.69. The Morgan fingerprint density at radius 2 is 2.29 bits per heavy atom. The van der Waals surface area contributed by atoms with Crippen molar-refractivity contribution >= 4 is 21.6 Å². The van der Waals surface area contributed by atoms with Crippen molar-refractivity contribution in [1.29, 1.82) is 0 Å². The van der Waals surface area contributed by atoms with Crippen LogP contribution >= 0.6 is 21.6 Å². The highest BCUT2D eigenvalue weighted by molar-refractivity contribution is 8.76. The molecule has 0 spiro atoms. The Balaban J connectivity index is 2.12. The highest BCUT2D eigenvalue weighted by Crippen LogP contribution is 2.28. The highest BCUT2D eigenvalue weighted by Gasteiger charge is 2.08. The topological polar surface area (TPSA) is 20.2 Å². The number of hydrogen-bond acceptors (Lipinski definition) is 3. The van der Waals surface area contributed by atoms with E-state index in [0.29, 0.717) is 0 Å². The fourth-order valence-corrected chi connectivity index (χ4v) is 2.76. The minimum atomic E-state index is -0.0220. The zero-order valence-corrected chi connectivity index (χ0v) is 5.60. The van der Waals surface area contributed by atoms with Crippen LogP contribution in [0.25, 0.3) is 0 Å². The van der Waals surface area contributed by atoms with E-state index in [-0.39, 0.29) is 6.10 Å². The van der Waals surface area contributed by atoms with Gasteiger partial charge in [-0.1, -0.05) is 21.6 Å². The van der Waals surface area contributed by atoms with Gasteiger partial charge in [0, 0.05) is 11.5 Å². The second kappa shape index (κ2) is 2.84. The number of aliphatic hydroxyl groups excluding tert-OH is 1. The molecule has 1 rings (SSSR count). The molecular formula is C4H8OS2. The zero-order valence-electron chi connectivity index (χ0n) is 3.96. The average molecular weight is 136 g/mol.